The Hall–Kier alpha value is -0.620. The molecule has 1 saturated heterocycles. The number of hydrogen-bond donors (Lipinski definition) is 2. The van der Waals surface area contributed by atoms with E-state index < -0.39 is 9.84 Å². The topological polar surface area (TPSA) is 89.3 Å². The van der Waals surface area contributed by atoms with Crippen LogP contribution in [-0.2, 0) is 14.6 Å². The molecule has 0 bridgehead atoms. The summed E-state index contributed by atoms with van der Waals surface area (Å²) >= 11 is 0. The Morgan fingerprint density at radius 1 is 1.43 bits per heavy atom. The van der Waals surface area contributed by atoms with Crippen molar-refractivity contribution in [2.45, 2.75) is 25.9 Å². The van der Waals surface area contributed by atoms with E-state index in [1.54, 1.807) is 13.8 Å². The molecule has 14 heavy (non-hydrogen) atoms. The predicted octanol–water partition coefficient (Wildman–Crippen LogP) is -1.12. The predicted molar refractivity (Wildman–Crippen MR) is 53.4 cm³/mol. The first kappa shape index (κ1) is 11.5. The number of nitrogens with one attached hydrogen (secondary N) is 1. The summed E-state index contributed by atoms with van der Waals surface area (Å²) in [6, 6.07) is -0.430. The van der Waals surface area contributed by atoms with Gasteiger partial charge < -0.3 is 11.1 Å². The SMILES string of the molecule is CC(N)C(C)C(=O)NC1CS(=O)(=O)C1. The van der Waals surface area contributed by atoms with Crippen LogP contribution in [0, 0.1) is 5.92 Å². The van der Waals surface area contributed by atoms with E-state index in [4.69, 9.17) is 5.73 Å². The second-order valence-corrected chi connectivity index (χ2v) is 6.08. The molecule has 6 heteroatoms. The number of nitrogens with two attached hydrogens (primary N) is 1. The molecular formula is C8H16N2O3S. The molecule has 82 valence electrons. The van der Waals surface area contributed by atoms with Crippen LogP contribution in [0.25, 0.3) is 0 Å². The second-order valence-electron chi connectivity index (χ2n) is 3.93. The molecule has 5 nitrogen and oxygen atoms in total. The van der Waals surface area contributed by atoms with E-state index in [-0.39, 0.29) is 35.4 Å². The molecule has 2 unspecified atom stereocenters. The zero-order chi connectivity index (χ0) is 10.9. The molecule has 1 aliphatic heterocycles. The van der Waals surface area contributed by atoms with Crippen LogP contribution in [0.15, 0.2) is 0 Å². The highest BCUT2D eigenvalue weighted by molar-refractivity contribution is 7.92. The normalized spacial score (nSPS) is 24.8. The van der Waals surface area contributed by atoms with Gasteiger partial charge in [-0.05, 0) is 6.92 Å². The fourth-order valence-corrected chi connectivity index (χ4v) is 2.51. The van der Waals surface area contributed by atoms with Gasteiger partial charge in [0.05, 0.1) is 17.5 Å². The van der Waals surface area contributed by atoms with E-state index in [2.05, 4.69) is 5.32 Å². The maximum atomic E-state index is 11.4. The third-order valence-electron chi connectivity index (χ3n) is 2.46. The van der Waals surface area contributed by atoms with E-state index in [1.165, 1.54) is 0 Å². The zero-order valence-electron chi connectivity index (χ0n) is 8.36. The standard InChI is InChI=1S/C8H16N2O3S/c1-5(6(2)9)8(11)10-7-3-14(12,13)4-7/h5-7H,3-4,9H2,1-2H3,(H,10,11). The Morgan fingerprint density at radius 3 is 2.29 bits per heavy atom. The molecule has 0 aliphatic carbocycles. The van der Waals surface area contributed by atoms with Crippen molar-refractivity contribution < 1.29 is 13.2 Å². The summed E-state index contributed by atoms with van der Waals surface area (Å²) in [5, 5.41) is 2.65. The zero-order valence-corrected chi connectivity index (χ0v) is 9.17. The van der Waals surface area contributed by atoms with Gasteiger partial charge in [-0.1, -0.05) is 6.92 Å². The molecule has 0 radical (unpaired) electrons. The summed E-state index contributed by atoms with van der Waals surface area (Å²) in [5.41, 5.74) is 5.55. The van der Waals surface area contributed by atoms with Crippen LogP contribution in [0.2, 0.25) is 0 Å². The highest BCUT2D eigenvalue weighted by Gasteiger charge is 2.35. The molecule has 2 atom stereocenters. The summed E-state index contributed by atoms with van der Waals surface area (Å²) in [4.78, 5) is 11.4. The number of amides is 1. The van der Waals surface area contributed by atoms with Gasteiger partial charge in [-0.15, -0.1) is 0 Å². The minimum Gasteiger partial charge on any atom is -0.351 e. The van der Waals surface area contributed by atoms with Gasteiger partial charge in [0, 0.05) is 12.0 Å². The number of sulfone groups is 1. The Kier molecular flexibility index (Phi) is 3.16. The van der Waals surface area contributed by atoms with E-state index in [0.29, 0.717) is 0 Å². The van der Waals surface area contributed by atoms with Gasteiger partial charge in [-0.3, -0.25) is 4.79 Å². The Morgan fingerprint density at radius 2 is 1.93 bits per heavy atom. The molecule has 3 N–H and O–H groups in total. The largest absolute Gasteiger partial charge is 0.351 e. The van der Waals surface area contributed by atoms with Gasteiger partial charge in [-0.25, -0.2) is 8.42 Å². The van der Waals surface area contributed by atoms with Crippen molar-refractivity contribution in [2.75, 3.05) is 11.5 Å². The Labute approximate surface area is 84.0 Å². The van der Waals surface area contributed by atoms with Gasteiger partial charge in [0.25, 0.3) is 0 Å². The molecule has 0 spiro atoms. The first-order valence-corrected chi connectivity index (χ1v) is 6.40. The van der Waals surface area contributed by atoms with Crippen LogP contribution in [0.5, 0.6) is 0 Å². The van der Waals surface area contributed by atoms with E-state index in [9.17, 15) is 13.2 Å². The lowest BCUT2D eigenvalue weighted by atomic mass is 10.0. The highest BCUT2D eigenvalue weighted by Crippen LogP contribution is 2.11. The molecule has 1 amide bonds. The third kappa shape index (κ3) is 2.68. The van der Waals surface area contributed by atoms with Crippen LogP contribution >= 0.6 is 0 Å². The maximum absolute atomic E-state index is 11.4. The minimum atomic E-state index is -2.87. The summed E-state index contributed by atoms with van der Waals surface area (Å²) in [5.74, 6) is -0.326. The Bertz CT molecular complexity index is 311. The summed E-state index contributed by atoms with van der Waals surface area (Å²) in [6.45, 7) is 3.48. The number of carbonyl (C=O) groups excluding carboxylic acids is 1. The fourth-order valence-electron chi connectivity index (χ4n) is 1.22. The fraction of sp³-hybridized carbons (Fsp3) is 0.875. The van der Waals surface area contributed by atoms with Crippen LogP contribution in [0.4, 0.5) is 0 Å². The average molecular weight is 220 g/mol. The second kappa shape index (κ2) is 3.86. The third-order valence-corrected chi connectivity index (χ3v) is 4.28. The van der Waals surface area contributed by atoms with E-state index >= 15 is 0 Å². The van der Waals surface area contributed by atoms with Gasteiger partial charge in [0.15, 0.2) is 9.84 Å². The van der Waals surface area contributed by atoms with Crippen molar-refractivity contribution in [3.63, 3.8) is 0 Å². The molecular weight excluding hydrogens is 204 g/mol. The monoisotopic (exact) mass is 220 g/mol. The van der Waals surface area contributed by atoms with Crippen molar-refractivity contribution in [1.29, 1.82) is 0 Å². The van der Waals surface area contributed by atoms with Crippen molar-refractivity contribution in [3.8, 4) is 0 Å². The lowest BCUT2D eigenvalue weighted by Gasteiger charge is -2.28. The van der Waals surface area contributed by atoms with Gasteiger partial charge in [0.1, 0.15) is 0 Å². The molecule has 1 fully saturated rings. The van der Waals surface area contributed by atoms with Crippen LogP contribution in [0.3, 0.4) is 0 Å². The molecule has 0 saturated carbocycles. The number of hydrogen-bond acceptors (Lipinski definition) is 4. The molecule has 0 aromatic carbocycles. The Balaban J connectivity index is 2.37. The first-order valence-electron chi connectivity index (χ1n) is 4.58. The molecule has 1 aliphatic rings. The minimum absolute atomic E-state index is 0.0599. The van der Waals surface area contributed by atoms with Crippen molar-refractivity contribution >= 4 is 15.7 Å². The molecule has 0 aromatic heterocycles. The van der Waals surface area contributed by atoms with Crippen molar-refractivity contribution in [2.24, 2.45) is 11.7 Å². The number of carbonyl (C=O) groups is 1. The summed E-state index contributed by atoms with van der Waals surface area (Å²) in [6.07, 6.45) is 0. The lowest BCUT2D eigenvalue weighted by Crippen LogP contribution is -2.55. The lowest BCUT2D eigenvalue weighted by molar-refractivity contribution is -0.125. The van der Waals surface area contributed by atoms with Crippen LogP contribution in [-0.4, -0.2) is 37.9 Å². The average Bonchev–Trinajstić information content (AvgIpc) is 1.99. The van der Waals surface area contributed by atoms with Crippen molar-refractivity contribution in [3.05, 3.63) is 0 Å². The molecule has 0 aromatic rings. The highest BCUT2D eigenvalue weighted by atomic mass is 32.2. The smallest absolute Gasteiger partial charge is 0.224 e. The van der Waals surface area contributed by atoms with E-state index in [0.717, 1.165) is 0 Å². The van der Waals surface area contributed by atoms with Gasteiger partial charge >= 0.3 is 0 Å². The molecule has 1 rings (SSSR count). The quantitative estimate of drug-likeness (QED) is 0.630. The molecule has 1 heterocycles. The van der Waals surface area contributed by atoms with Gasteiger partial charge in [-0.2, -0.15) is 0 Å². The van der Waals surface area contributed by atoms with Gasteiger partial charge in [0.2, 0.25) is 5.91 Å². The number of rotatable bonds is 3. The summed E-state index contributed by atoms with van der Waals surface area (Å²) in [7, 11) is -2.87. The summed E-state index contributed by atoms with van der Waals surface area (Å²) < 4.78 is 21.6. The maximum Gasteiger partial charge on any atom is 0.224 e. The van der Waals surface area contributed by atoms with E-state index in [1.807, 2.05) is 0 Å². The first-order chi connectivity index (χ1) is 6.32. The van der Waals surface area contributed by atoms with Crippen LogP contribution < -0.4 is 11.1 Å². The van der Waals surface area contributed by atoms with Crippen molar-refractivity contribution in [1.82, 2.24) is 5.32 Å². The van der Waals surface area contributed by atoms with Crippen LogP contribution in [0.1, 0.15) is 13.8 Å².